The van der Waals surface area contributed by atoms with E-state index in [1.165, 1.54) is 5.69 Å². The van der Waals surface area contributed by atoms with Gasteiger partial charge >= 0.3 is 0 Å². The quantitative estimate of drug-likeness (QED) is 0.442. The van der Waals surface area contributed by atoms with Crippen LogP contribution < -0.4 is 15.5 Å². The van der Waals surface area contributed by atoms with E-state index in [4.69, 9.17) is 0 Å². The predicted molar refractivity (Wildman–Crippen MR) is 140 cm³/mol. The SMILES string of the molecule is CN1CCN(c2ccc(N/C=C3\C(=O)NC(=O)c4ccc(/C=C/c5ccncc5)cc43)cc2)CC1. The highest BCUT2D eigenvalue weighted by Gasteiger charge is 2.27. The van der Waals surface area contributed by atoms with E-state index in [2.05, 4.69) is 44.6 Å². The molecule has 0 unspecified atom stereocenters. The highest BCUT2D eigenvalue weighted by atomic mass is 16.2. The summed E-state index contributed by atoms with van der Waals surface area (Å²) in [5.41, 5.74) is 5.47. The standard InChI is InChI=1S/C28H27N5O2/c1-32-14-16-33(17-15-32)23-7-5-22(6-8-23)30-19-26-25-18-21(3-2-20-10-12-29-13-11-20)4-9-24(25)27(34)31-28(26)35/h2-13,18-19,30H,14-17H2,1H3,(H,31,34,35)/b3-2+,26-19-. The van der Waals surface area contributed by atoms with Gasteiger partial charge in [0.1, 0.15) is 0 Å². The Balaban J connectivity index is 1.36. The van der Waals surface area contributed by atoms with Crippen molar-refractivity contribution in [3.8, 4) is 0 Å². The Labute approximate surface area is 204 Å². The summed E-state index contributed by atoms with van der Waals surface area (Å²) >= 11 is 0. The lowest BCUT2D eigenvalue weighted by molar-refractivity contribution is -0.114. The molecule has 2 aliphatic heterocycles. The summed E-state index contributed by atoms with van der Waals surface area (Å²) in [5, 5.41) is 5.66. The normalized spacial score (nSPS) is 17.5. The third-order valence-electron chi connectivity index (χ3n) is 6.34. The Morgan fingerprint density at radius 2 is 1.54 bits per heavy atom. The van der Waals surface area contributed by atoms with Gasteiger partial charge in [-0.2, -0.15) is 0 Å². The number of aromatic nitrogens is 1. The fraction of sp³-hybridized carbons (Fsp3) is 0.179. The summed E-state index contributed by atoms with van der Waals surface area (Å²) in [7, 11) is 2.14. The highest BCUT2D eigenvalue weighted by molar-refractivity contribution is 6.31. The first-order valence-electron chi connectivity index (χ1n) is 11.7. The lowest BCUT2D eigenvalue weighted by Crippen LogP contribution is -2.44. The number of nitrogens with zero attached hydrogens (tertiary/aromatic N) is 3. The molecule has 0 atom stereocenters. The Bertz CT molecular complexity index is 1290. The second-order valence-electron chi connectivity index (χ2n) is 8.74. The number of piperazine rings is 1. The van der Waals surface area contributed by atoms with Crippen molar-refractivity contribution >= 4 is 40.9 Å². The molecular weight excluding hydrogens is 438 g/mol. The molecule has 3 heterocycles. The van der Waals surface area contributed by atoms with Crippen LogP contribution in [0, 0.1) is 0 Å². The predicted octanol–water partition coefficient (Wildman–Crippen LogP) is 3.73. The highest BCUT2D eigenvalue weighted by Crippen LogP contribution is 2.27. The van der Waals surface area contributed by atoms with Crippen molar-refractivity contribution in [2.45, 2.75) is 0 Å². The largest absolute Gasteiger partial charge is 0.369 e. The lowest BCUT2D eigenvalue weighted by Gasteiger charge is -2.34. The van der Waals surface area contributed by atoms with Crippen LogP contribution in [0.1, 0.15) is 27.0 Å². The molecule has 0 aliphatic carbocycles. The minimum Gasteiger partial charge on any atom is -0.369 e. The molecule has 0 bridgehead atoms. The zero-order valence-corrected chi connectivity index (χ0v) is 19.6. The molecule has 0 spiro atoms. The molecule has 7 nitrogen and oxygen atoms in total. The van der Waals surface area contributed by atoms with Gasteiger partial charge in [-0.25, -0.2) is 0 Å². The number of imide groups is 1. The zero-order chi connectivity index (χ0) is 24.2. The van der Waals surface area contributed by atoms with Gasteiger partial charge < -0.3 is 15.1 Å². The van der Waals surface area contributed by atoms with Gasteiger partial charge in [0.2, 0.25) is 0 Å². The van der Waals surface area contributed by atoms with Gasteiger partial charge in [0, 0.05) is 67.3 Å². The monoisotopic (exact) mass is 465 g/mol. The van der Waals surface area contributed by atoms with Crippen LogP contribution in [0.3, 0.4) is 0 Å². The molecule has 0 radical (unpaired) electrons. The number of rotatable bonds is 5. The third-order valence-corrected chi connectivity index (χ3v) is 6.34. The van der Waals surface area contributed by atoms with E-state index in [-0.39, 0.29) is 5.91 Å². The number of likely N-dealkylation sites (N-methyl/N-ethyl adjacent to an activating group) is 1. The first kappa shape index (κ1) is 22.6. The fourth-order valence-corrected chi connectivity index (χ4v) is 4.25. The van der Waals surface area contributed by atoms with Crippen LogP contribution in [0.5, 0.6) is 0 Å². The lowest BCUT2D eigenvalue weighted by atomic mass is 9.93. The molecule has 1 aromatic heterocycles. The number of nitrogens with one attached hydrogen (secondary N) is 2. The van der Waals surface area contributed by atoms with Crippen molar-refractivity contribution < 1.29 is 9.59 Å². The van der Waals surface area contributed by atoms with Crippen molar-refractivity contribution in [3.05, 3.63) is 95.4 Å². The van der Waals surface area contributed by atoms with Gasteiger partial charge in [-0.05, 0) is 66.7 Å². The first-order valence-corrected chi connectivity index (χ1v) is 11.7. The molecule has 1 fully saturated rings. The Kier molecular flexibility index (Phi) is 6.41. The molecule has 35 heavy (non-hydrogen) atoms. The molecule has 1 saturated heterocycles. The number of hydrogen-bond acceptors (Lipinski definition) is 6. The number of amides is 2. The smallest absolute Gasteiger partial charge is 0.260 e. The Morgan fingerprint density at radius 3 is 2.29 bits per heavy atom. The van der Waals surface area contributed by atoms with Crippen molar-refractivity contribution in [3.63, 3.8) is 0 Å². The van der Waals surface area contributed by atoms with E-state index in [0.29, 0.717) is 16.7 Å². The van der Waals surface area contributed by atoms with Crippen molar-refractivity contribution in [2.24, 2.45) is 0 Å². The molecule has 2 aromatic carbocycles. The summed E-state index contributed by atoms with van der Waals surface area (Å²) in [6.07, 6.45) is 9.06. The third kappa shape index (κ3) is 5.15. The molecule has 7 heteroatoms. The van der Waals surface area contributed by atoms with Crippen LogP contribution in [0.25, 0.3) is 17.7 Å². The van der Waals surface area contributed by atoms with Crippen LogP contribution in [0.2, 0.25) is 0 Å². The number of carbonyl (C=O) groups excluding carboxylic acids is 2. The fourth-order valence-electron chi connectivity index (χ4n) is 4.25. The number of anilines is 2. The maximum atomic E-state index is 12.7. The van der Waals surface area contributed by atoms with Crippen molar-refractivity contribution in [1.29, 1.82) is 0 Å². The van der Waals surface area contributed by atoms with E-state index in [9.17, 15) is 9.59 Å². The number of benzene rings is 2. The second-order valence-corrected chi connectivity index (χ2v) is 8.74. The van der Waals surface area contributed by atoms with Crippen LogP contribution >= 0.6 is 0 Å². The summed E-state index contributed by atoms with van der Waals surface area (Å²) in [6, 6.07) is 17.5. The number of pyridine rings is 1. The second kappa shape index (κ2) is 9.95. The molecule has 5 rings (SSSR count). The van der Waals surface area contributed by atoms with Crippen LogP contribution in [-0.4, -0.2) is 54.9 Å². The number of hydrogen-bond donors (Lipinski definition) is 2. The number of carbonyl (C=O) groups is 2. The van der Waals surface area contributed by atoms with Crippen molar-refractivity contribution in [1.82, 2.24) is 15.2 Å². The van der Waals surface area contributed by atoms with Gasteiger partial charge in [-0.1, -0.05) is 18.2 Å². The van der Waals surface area contributed by atoms with Gasteiger partial charge in [0.15, 0.2) is 0 Å². The van der Waals surface area contributed by atoms with Gasteiger partial charge in [0.05, 0.1) is 5.57 Å². The molecule has 2 N–H and O–H groups in total. The summed E-state index contributed by atoms with van der Waals surface area (Å²) in [4.78, 5) is 33.8. The van der Waals surface area contributed by atoms with Gasteiger partial charge in [-0.3, -0.25) is 19.9 Å². The molecule has 176 valence electrons. The number of fused-ring (bicyclic) bond motifs is 1. The van der Waals surface area contributed by atoms with E-state index < -0.39 is 5.91 Å². The summed E-state index contributed by atoms with van der Waals surface area (Å²) < 4.78 is 0. The van der Waals surface area contributed by atoms with Crippen LogP contribution in [0.4, 0.5) is 11.4 Å². The molecule has 2 aliphatic rings. The minimum absolute atomic E-state index is 0.386. The van der Waals surface area contributed by atoms with E-state index in [1.807, 2.05) is 48.6 Å². The van der Waals surface area contributed by atoms with Crippen LogP contribution in [0.15, 0.2) is 73.2 Å². The molecule has 3 aromatic rings. The molecular formula is C28H27N5O2. The maximum Gasteiger partial charge on any atom is 0.260 e. The van der Waals surface area contributed by atoms with E-state index in [0.717, 1.165) is 43.0 Å². The van der Waals surface area contributed by atoms with E-state index >= 15 is 0 Å². The summed E-state index contributed by atoms with van der Waals surface area (Å²) in [6.45, 7) is 4.13. The van der Waals surface area contributed by atoms with Crippen molar-refractivity contribution in [2.75, 3.05) is 43.4 Å². The first-order chi connectivity index (χ1) is 17.1. The molecule has 0 saturated carbocycles. The maximum absolute atomic E-state index is 12.7. The van der Waals surface area contributed by atoms with E-state index in [1.54, 1.807) is 24.7 Å². The minimum atomic E-state index is -0.417. The van der Waals surface area contributed by atoms with Gasteiger partial charge in [-0.15, -0.1) is 0 Å². The average molecular weight is 466 g/mol. The molecule has 2 amide bonds. The average Bonchev–Trinajstić information content (AvgIpc) is 2.89. The Hall–Kier alpha value is -4.23. The Morgan fingerprint density at radius 1 is 0.829 bits per heavy atom. The zero-order valence-electron chi connectivity index (χ0n) is 19.6. The topological polar surface area (TPSA) is 77.6 Å². The van der Waals surface area contributed by atoms with Gasteiger partial charge in [0.25, 0.3) is 11.8 Å². The summed E-state index contributed by atoms with van der Waals surface area (Å²) in [5.74, 6) is -0.803. The van der Waals surface area contributed by atoms with Crippen LogP contribution in [-0.2, 0) is 4.79 Å².